The summed E-state index contributed by atoms with van der Waals surface area (Å²) in [6, 6.07) is 8.07. The molecule has 1 atom stereocenters. The number of carbonyl (C=O) groups excluding carboxylic acids is 1. The third-order valence-corrected chi connectivity index (χ3v) is 3.95. The molecule has 2 N–H and O–H groups in total. The maximum absolute atomic E-state index is 11.8. The predicted octanol–water partition coefficient (Wildman–Crippen LogP) is 2.79. The number of H-pyrrole nitrogens is 1. The first-order valence-electron chi connectivity index (χ1n) is 7.04. The average Bonchev–Trinajstić information content (AvgIpc) is 2.93. The molecule has 21 heavy (non-hydrogen) atoms. The lowest BCUT2D eigenvalue weighted by Crippen LogP contribution is -2.31. The fraction of sp³-hybridized carbons (Fsp3) is 0.400. The van der Waals surface area contributed by atoms with Crippen molar-refractivity contribution in [3.8, 4) is 11.4 Å². The summed E-state index contributed by atoms with van der Waals surface area (Å²) >= 11 is 1.36. The Kier molecular flexibility index (Phi) is 5.38. The second kappa shape index (κ2) is 7.26. The average molecular weight is 304 g/mol. The van der Waals surface area contributed by atoms with E-state index in [9.17, 15) is 4.79 Å². The Morgan fingerprint density at radius 1 is 1.38 bits per heavy atom. The first kappa shape index (κ1) is 15.6. The van der Waals surface area contributed by atoms with E-state index >= 15 is 0 Å². The third kappa shape index (κ3) is 4.32. The lowest BCUT2D eigenvalue weighted by atomic mass is 10.1. The molecule has 0 saturated heterocycles. The zero-order chi connectivity index (χ0) is 15.2. The van der Waals surface area contributed by atoms with Gasteiger partial charge in [0.15, 0.2) is 5.82 Å². The van der Waals surface area contributed by atoms with Crippen molar-refractivity contribution in [2.75, 3.05) is 6.54 Å². The van der Waals surface area contributed by atoms with E-state index in [1.54, 1.807) is 0 Å². The van der Waals surface area contributed by atoms with Gasteiger partial charge in [-0.2, -0.15) is 0 Å². The number of hydrogen-bond acceptors (Lipinski definition) is 4. The van der Waals surface area contributed by atoms with Crippen LogP contribution in [0, 0.1) is 6.92 Å². The number of thioether (sulfide) groups is 1. The van der Waals surface area contributed by atoms with Gasteiger partial charge in [-0.15, -0.1) is 5.10 Å². The van der Waals surface area contributed by atoms with Gasteiger partial charge in [-0.1, -0.05) is 48.5 Å². The Hall–Kier alpha value is -1.82. The predicted molar refractivity (Wildman–Crippen MR) is 85.2 cm³/mol. The van der Waals surface area contributed by atoms with Crippen LogP contribution in [0.15, 0.2) is 29.4 Å². The number of carbonyl (C=O) groups is 1. The second-order valence-corrected chi connectivity index (χ2v) is 6.19. The van der Waals surface area contributed by atoms with E-state index in [2.05, 4.69) is 20.5 Å². The molecule has 2 rings (SSSR count). The number of hydrogen-bond donors (Lipinski definition) is 2. The van der Waals surface area contributed by atoms with E-state index in [-0.39, 0.29) is 11.2 Å². The summed E-state index contributed by atoms with van der Waals surface area (Å²) < 4.78 is 0. The largest absolute Gasteiger partial charge is 0.355 e. The molecule has 1 heterocycles. The molecule has 2 aromatic rings. The van der Waals surface area contributed by atoms with Crippen molar-refractivity contribution < 1.29 is 4.79 Å². The summed E-state index contributed by atoms with van der Waals surface area (Å²) in [5.74, 6) is 0.738. The van der Waals surface area contributed by atoms with Crippen LogP contribution in [0.25, 0.3) is 11.4 Å². The Bertz CT molecular complexity index is 594. The van der Waals surface area contributed by atoms with Gasteiger partial charge in [-0.3, -0.25) is 9.89 Å². The van der Waals surface area contributed by atoms with Crippen molar-refractivity contribution in [1.82, 2.24) is 20.5 Å². The quantitative estimate of drug-likeness (QED) is 0.805. The van der Waals surface area contributed by atoms with E-state index < -0.39 is 0 Å². The van der Waals surface area contributed by atoms with Crippen LogP contribution in [-0.2, 0) is 4.79 Å². The molecule has 0 bridgehead atoms. The van der Waals surface area contributed by atoms with Crippen LogP contribution >= 0.6 is 11.8 Å². The van der Waals surface area contributed by atoms with Crippen molar-refractivity contribution in [3.05, 3.63) is 29.8 Å². The van der Waals surface area contributed by atoms with E-state index in [1.807, 2.05) is 45.0 Å². The molecule has 0 saturated carbocycles. The number of aromatic amines is 1. The number of benzene rings is 1. The zero-order valence-corrected chi connectivity index (χ0v) is 13.3. The van der Waals surface area contributed by atoms with Gasteiger partial charge < -0.3 is 5.32 Å². The Labute approximate surface area is 128 Å². The van der Waals surface area contributed by atoms with Gasteiger partial charge in [0.1, 0.15) is 0 Å². The van der Waals surface area contributed by atoms with Gasteiger partial charge in [-0.05, 0) is 20.3 Å². The summed E-state index contributed by atoms with van der Waals surface area (Å²) in [4.78, 5) is 16.3. The number of nitrogens with one attached hydrogen (secondary N) is 2. The molecule has 0 aliphatic rings. The van der Waals surface area contributed by atoms with Crippen molar-refractivity contribution in [1.29, 1.82) is 0 Å². The van der Waals surface area contributed by atoms with Crippen molar-refractivity contribution in [3.63, 3.8) is 0 Å². The van der Waals surface area contributed by atoms with Crippen LogP contribution in [0.2, 0.25) is 0 Å². The summed E-state index contributed by atoms with van der Waals surface area (Å²) in [7, 11) is 0. The Morgan fingerprint density at radius 3 is 2.76 bits per heavy atom. The maximum Gasteiger partial charge on any atom is 0.233 e. The minimum Gasteiger partial charge on any atom is -0.355 e. The Balaban J connectivity index is 2.00. The van der Waals surface area contributed by atoms with E-state index in [0.29, 0.717) is 11.7 Å². The zero-order valence-electron chi connectivity index (χ0n) is 12.5. The van der Waals surface area contributed by atoms with Gasteiger partial charge in [0.05, 0.1) is 5.25 Å². The SMILES string of the molecule is CCCNC(=O)[C@@H](C)Sc1n[nH]c(-c2ccc(C)cc2)n1. The van der Waals surface area contributed by atoms with Crippen LogP contribution in [0.3, 0.4) is 0 Å². The van der Waals surface area contributed by atoms with E-state index in [4.69, 9.17) is 0 Å². The topological polar surface area (TPSA) is 70.7 Å². The van der Waals surface area contributed by atoms with Crippen molar-refractivity contribution >= 4 is 17.7 Å². The lowest BCUT2D eigenvalue weighted by Gasteiger charge is -2.08. The molecule has 1 amide bonds. The minimum atomic E-state index is -0.210. The van der Waals surface area contributed by atoms with Crippen LogP contribution in [0.5, 0.6) is 0 Å². The molecular weight excluding hydrogens is 284 g/mol. The highest BCUT2D eigenvalue weighted by Gasteiger charge is 2.16. The van der Waals surface area contributed by atoms with E-state index in [0.717, 1.165) is 17.8 Å². The lowest BCUT2D eigenvalue weighted by molar-refractivity contribution is -0.120. The summed E-state index contributed by atoms with van der Waals surface area (Å²) in [5.41, 5.74) is 2.19. The molecule has 0 aliphatic carbocycles. The summed E-state index contributed by atoms with van der Waals surface area (Å²) in [5, 5.41) is 10.3. The molecule has 0 radical (unpaired) electrons. The second-order valence-electron chi connectivity index (χ2n) is 4.88. The number of rotatable bonds is 6. The number of nitrogens with zero attached hydrogens (tertiary/aromatic N) is 2. The van der Waals surface area contributed by atoms with Crippen LogP contribution in [0.4, 0.5) is 0 Å². The van der Waals surface area contributed by atoms with Gasteiger partial charge in [0.2, 0.25) is 11.1 Å². The van der Waals surface area contributed by atoms with Gasteiger partial charge in [0, 0.05) is 12.1 Å². The maximum atomic E-state index is 11.8. The molecule has 0 unspecified atom stereocenters. The van der Waals surface area contributed by atoms with E-state index in [1.165, 1.54) is 17.3 Å². The third-order valence-electron chi connectivity index (χ3n) is 2.99. The number of aromatic nitrogens is 3. The normalized spacial score (nSPS) is 12.1. The summed E-state index contributed by atoms with van der Waals surface area (Å²) in [6.45, 7) is 6.63. The fourth-order valence-corrected chi connectivity index (χ4v) is 2.49. The van der Waals surface area contributed by atoms with Gasteiger partial charge in [-0.25, -0.2) is 4.98 Å². The summed E-state index contributed by atoms with van der Waals surface area (Å²) in [6.07, 6.45) is 0.932. The van der Waals surface area contributed by atoms with Crippen LogP contribution in [0.1, 0.15) is 25.8 Å². The molecule has 1 aromatic heterocycles. The molecule has 0 fully saturated rings. The smallest absolute Gasteiger partial charge is 0.233 e. The fourth-order valence-electron chi connectivity index (χ4n) is 1.74. The van der Waals surface area contributed by atoms with Crippen molar-refractivity contribution in [2.24, 2.45) is 0 Å². The highest BCUT2D eigenvalue weighted by Crippen LogP contribution is 2.22. The molecule has 0 aliphatic heterocycles. The van der Waals surface area contributed by atoms with Gasteiger partial charge in [0.25, 0.3) is 0 Å². The standard InChI is InChI=1S/C15H20N4OS/c1-4-9-16-14(20)11(3)21-15-17-13(18-19-15)12-7-5-10(2)6-8-12/h5-8,11H,4,9H2,1-3H3,(H,16,20)(H,17,18,19)/t11-/m1/s1. The highest BCUT2D eigenvalue weighted by molar-refractivity contribution is 8.00. The molecule has 1 aromatic carbocycles. The Morgan fingerprint density at radius 2 is 2.10 bits per heavy atom. The highest BCUT2D eigenvalue weighted by atomic mass is 32.2. The molecular formula is C15H20N4OS. The van der Waals surface area contributed by atoms with Crippen molar-refractivity contribution in [2.45, 2.75) is 37.6 Å². The number of aryl methyl sites for hydroxylation is 1. The molecule has 5 nitrogen and oxygen atoms in total. The molecule has 0 spiro atoms. The number of amides is 1. The molecule has 112 valence electrons. The monoisotopic (exact) mass is 304 g/mol. The molecule has 6 heteroatoms. The van der Waals surface area contributed by atoms with Crippen LogP contribution < -0.4 is 5.32 Å². The first-order valence-corrected chi connectivity index (χ1v) is 7.92. The first-order chi connectivity index (χ1) is 10.1. The van der Waals surface area contributed by atoms with Crippen LogP contribution in [-0.4, -0.2) is 32.9 Å². The minimum absolute atomic E-state index is 0.0172. The van der Waals surface area contributed by atoms with Gasteiger partial charge >= 0.3 is 0 Å².